The molecular formula is C19H29IN4OS. The number of hydrogen-bond donors (Lipinski definition) is 2. The van der Waals surface area contributed by atoms with Crippen molar-refractivity contribution in [2.24, 2.45) is 4.99 Å². The Bertz CT molecular complexity index is 675. The molecule has 2 aromatic rings. The van der Waals surface area contributed by atoms with Gasteiger partial charge in [-0.1, -0.05) is 19.1 Å². The van der Waals surface area contributed by atoms with Crippen LogP contribution >= 0.6 is 35.3 Å². The van der Waals surface area contributed by atoms with Gasteiger partial charge in [-0.25, -0.2) is 9.98 Å². The molecule has 0 amide bonds. The van der Waals surface area contributed by atoms with E-state index in [0.717, 1.165) is 49.3 Å². The predicted octanol–water partition coefficient (Wildman–Crippen LogP) is 4.16. The molecule has 0 saturated heterocycles. The number of hydrogen-bond acceptors (Lipinski definition) is 4. The molecule has 0 aliphatic rings. The number of thiazole rings is 1. The summed E-state index contributed by atoms with van der Waals surface area (Å²) >= 11 is 1.69. The van der Waals surface area contributed by atoms with E-state index in [2.05, 4.69) is 53.5 Å². The highest BCUT2D eigenvalue weighted by Gasteiger charge is 2.02. The Hall–Kier alpha value is -1.35. The van der Waals surface area contributed by atoms with Crippen molar-refractivity contribution in [3.8, 4) is 5.75 Å². The van der Waals surface area contributed by atoms with Crippen molar-refractivity contribution in [2.75, 3.05) is 19.7 Å². The summed E-state index contributed by atoms with van der Waals surface area (Å²) in [5.74, 6) is 1.77. The predicted molar refractivity (Wildman–Crippen MR) is 121 cm³/mol. The molecule has 0 bridgehead atoms. The first-order valence-corrected chi connectivity index (χ1v) is 9.68. The Balaban J connectivity index is 0.00000338. The van der Waals surface area contributed by atoms with Gasteiger partial charge in [0.2, 0.25) is 0 Å². The Morgan fingerprint density at radius 3 is 2.81 bits per heavy atom. The maximum absolute atomic E-state index is 5.69. The Morgan fingerprint density at radius 2 is 2.12 bits per heavy atom. The van der Waals surface area contributed by atoms with Gasteiger partial charge < -0.3 is 15.4 Å². The monoisotopic (exact) mass is 488 g/mol. The van der Waals surface area contributed by atoms with Gasteiger partial charge in [-0.15, -0.1) is 35.3 Å². The van der Waals surface area contributed by atoms with Gasteiger partial charge in [-0.3, -0.25) is 0 Å². The minimum absolute atomic E-state index is 0. The lowest BCUT2D eigenvalue weighted by Crippen LogP contribution is -2.38. The molecule has 0 radical (unpaired) electrons. The minimum atomic E-state index is 0. The second-order valence-corrected chi connectivity index (χ2v) is 7.05. The van der Waals surface area contributed by atoms with Crippen LogP contribution in [0.2, 0.25) is 0 Å². The van der Waals surface area contributed by atoms with Gasteiger partial charge in [-0.05, 0) is 44.4 Å². The van der Waals surface area contributed by atoms with Gasteiger partial charge in [0.05, 0.1) is 13.2 Å². The number of rotatable bonds is 9. The van der Waals surface area contributed by atoms with E-state index in [1.807, 2.05) is 18.3 Å². The fourth-order valence-electron chi connectivity index (χ4n) is 2.30. The van der Waals surface area contributed by atoms with Crippen LogP contribution in [-0.4, -0.2) is 30.6 Å². The standard InChI is InChI=1S/C19H28N4OS.HI/c1-4-11-24-17-8-6-7-16(12-17)9-10-21-19(20-5-2)23-14-18-22-13-15(3)25-18;/h6-8,12-13H,4-5,9-11,14H2,1-3H3,(H2,20,21,23);1H. The van der Waals surface area contributed by atoms with Crippen molar-refractivity contribution in [2.45, 2.75) is 40.2 Å². The van der Waals surface area contributed by atoms with E-state index in [-0.39, 0.29) is 24.0 Å². The van der Waals surface area contributed by atoms with Gasteiger partial charge in [0, 0.05) is 24.2 Å². The first-order valence-electron chi connectivity index (χ1n) is 8.86. The molecule has 2 rings (SSSR count). The van der Waals surface area contributed by atoms with Gasteiger partial charge in [0.25, 0.3) is 0 Å². The molecule has 0 aliphatic carbocycles. The van der Waals surface area contributed by atoms with Crippen LogP contribution in [0.1, 0.15) is 35.7 Å². The molecular weight excluding hydrogens is 459 g/mol. The van der Waals surface area contributed by atoms with E-state index >= 15 is 0 Å². The van der Waals surface area contributed by atoms with Gasteiger partial charge in [-0.2, -0.15) is 0 Å². The maximum atomic E-state index is 5.69. The third kappa shape index (κ3) is 8.35. The van der Waals surface area contributed by atoms with Crippen LogP contribution in [0.25, 0.3) is 0 Å². The molecule has 5 nitrogen and oxygen atoms in total. The zero-order valence-electron chi connectivity index (χ0n) is 15.7. The van der Waals surface area contributed by atoms with Crippen molar-refractivity contribution >= 4 is 41.3 Å². The Labute approximate surface area is 177 Å². The van der Waals surface area contributed by atoms with Crippen molar-refractivity contribution in [1.29, 1.82) is 0 Å². The topological polar surface area (TPSA) is 58.5 Å². The molecule has 0 unspecified atom stereocenters. The van der Waals surface area contributed by atoms with Crippen LogP contribution in [-0.2, 0) is 13.0 Å². The highest BCUT2D eigenvalue weighted by atomic mass is 127. The summed E-state index contributed by atoms with van der Waals surface area (Å²) in [5, 5.41) is 7.70. The zero-order chi connectivity index (χ0) is 17.9. The molecule has 0 atom stereocenters. The summed E-state index contributed by atoms with van der Waals surface area (Å²) < 4.78 is 5.69. The van der Waals surface area contributed by atoms with E-state index in [0.29, 0.717) is 6.54 Å². The van der Waals surface area contributed by atoms with E-state index in [4.69, 9.17) is 4.74 Å². The summed E-state index contributed by atoms with van der Waals surface area (Å²) in [6, 6.07) is 8.29. The van der Waals surface area contributed by atoms with E-state index in [9.17, 15) is 0 Å². The lowest BCUT2D eigenvalue weighted by Gasteiger charge is -2.11. The third-order valence-corrected chi connectivity index (χ3v) is 4.36. The quantitative estimate of drug-likeness (QED) is 0.316. The molecule has 1 heterocycles. The van der Waals surface area contributed by atoms with Crippen LogP contribution in [0.3, 0.4) is 0 Å². The molecule has 26 heavy (non-hydrogen) atoms. The Morgan fingerprint density at radius 1 is 1.27 bits per heavy atom. The van der Waals surface area contributed by atoms with Crippen LogP contribution in [0, 0.1) is 6.92 Å². The molecule has 1 aromatic carbocycles. The van der Waals surface area contributed by atoms with Crippen LogP contribution in [0.5, 0.6) is 5.75 Å². The van der Waals surface area contributed by atoms with E-state index < -0.39 is 0 Å². The molecule has 0 aliphatic heterocycles. The van der Waals surface area contributed by atoms with Crippen LogP contribution < -0.4 is 15.4 Å². The number of ether oxygens (including phenoxy) is 1. The number of aryl methyl sites for hydroxylation is 1. The third-order valence-electron chi connectivity index (χ3n) is 3.46. The number of benzene rings is 1. The summed E-state index contributed by atoms with van der Waals surface area (Å²) in [4.78, 5) is 10.2. The average molecular weight is 488 g/mol. The second-order valence-electron chi connectivity index (χ2n) is 5.73. The smallest absolute Gasteiger partial charge is 0.191 e. The van der Waals surface area contributed by atoms with E-state index in [1.165, 1.54) is 10.4 Å². The van der Waals surface area contributed by atoms with Crippen molar-refractivity contribution in [3.63, 3.8) is 0 Å². The zero-order valence-corrected chi connectivity index (χ0v) is 18.9. The first-order chi connectivity index (χ1) is 12.2. The SMILES string of the molecule is CCCOc1cccc(CCNC(=NCc2ncc(C)s2)NCC)c1.I. The van der Waals surface area contributed by atoms with Gasteiger partial charge >= 0.3 is 0 Å². The number of halogens is 1. The molecule has 2 N–H and O–H groups in total. The fourth-order valence-corrected chi connectivity index (χ4v) is 3.01. The van der Waals surface area contributed by atoms with Crippen molar-refractivity contribution in [3.05, 3.63) is 45.9 Å². The maximum Gasteiger partial charge on any atom is 0.191 e. The number of aromatic nitrogens is 1. The molecule has 0 fully saturated rings. The average Bonchev–Trinajstić information content (AvgIpc) is 3.03. The minimum Gasteiger partial charge on any atom is -0.494 e. The van der Waals surface area contributed by atoms with Crippen LogP contribution in [0.4, 0.5) is 0 Å². The van der Waals surface area contributed by atoms with Gasteiger partial charge in [0.15, 0.2) is 5.96 Å². The number of guanidine groups is 1. The molecule has 1 aromatic heterocycles. The highest BCUT2D eigenvalue weighted by Crippen LogP contribution is 2.14. The molecule has 0 spiro atoms. The largest absolute Gasteiger partial charge is 0.494 e. The number of nitrogens with one attached hydrogen (secondary N) is 2. The summed E-state index contributed by atoms with van der Waals surface area (Å²) in [5.41, 5.74) is 1.26. The second kappa shape index (κ2) is 12.9. The molecule has 0 saturated carbocycles. The van der Waals surface area contributed by atoms with Crippen molar-refractivity contribution < 1.29 is 4.74 Å². The lowest BCUT2D eigenvalue weighted by atomic mass is 10.1. The lowest BCUT2D eigenvalue weighted by molar-refractivity contribution is 0.317. The van der Waals surface area contributed by atoms with Gasteiger partial charge in [0.1, 0.15) is 10.8 Å². The summed E-state index contributed by atoms with van der Waals surface area (Å²) in [6.07, 6.45) is 3.83. The summed E-state index contributed by atoms with van der Waals surface area (Å²) in [6.45, 7) is 9.26. The molecule has 7 heteroatoms. The van der Waals surface area contributed by atoms with Crippen LogP contribution in [0.15, 0.2) is 35.5 Å². The number of aliphatic imine (C=N–C) groups is 1. The highest BCUT2D eigenvalue weighted by molar-refractivity contribution is 14.0. The number of nitrogens with zero attached hydrogens (tertiary/aromatic N) is 2. The fraction of sp³-hybridized carbons (Fsp3) is 0.474. The molecule has 144 valence electrons. The normalized spacial score (nSPS) is 11.0. The van der Waals surface area contributed by atoms with Crippen molar-refractivity contribution in [1.82, 2.24) is 15.6 Å². The van der Waals surface area contributed by atoms with E-state index in [1.54, 1.807) is 11.3 Å². The first kappa shape index (κ1) is 22.7. The summed E-state index contributed by atoms with van der Waals surface area (Å²) in [7, 11) is 0. The Kier molecular flexibility index (Phi) is 11.3.